The number of anilines is 1. The van der Waals surface area contributed by atoms with E-state index in [1.807, 2.05) is 36.0 Å². The zero-order chi connectivity index (χ0) is 12.0. The van der Waals surface area contributed by atoms with Crippen LogP contribution in [0.5, 0.6) is 0 Å². The molecule has 0 spiro atoms. The molecule has 0 aliphatic rings. The molecule has 3 aromatic rings. The van der Waals surface area contributed by atoms with Crippen molar-refractivity contribution in [2.45, 2.75) is 0 Å². The molecule has 0 radical (unpaired) electrons. The van der Waals surface area contributed by atoms with Crippen LogP contribution in [0.15, 0.2) is 35.1 Å². The molecule has 0 unspecified atom stereocenters. The minimum absolute atomic E-state index is 0.497. The second kappa shape index (κ2) is 3.63. The summed E-state index contributed by atoms with van der Waals surface area (Å²) in [6.07, 6.45) is 1.98. The van der Waals surface area contributed by atoms with Gasteiger partial charge in [-0.3, -0.25) is 0 Å². The van der Waals surface area contributed by atoms with Crippen molar-refractivity contribution in [1.29, 1.82) is 0 Å². The molecule has 0 bridgehead atoms. The van der Waals surface area contributed by atoms with Crippen molar-refractivity contribution in [1.82, 2.24) is 14.5 Å². The average molecular weight is 291 g/mol. The van der Waals surface area contributed by atoms with Gasteiger partial charge in [0, 0.05) is 29.7 Å². The summed E-state index contributed by atoms with van der Waals surface area (Å²) < 4.78 is 2.64. The van der Waals surface area contributed by atoms with Crippen molar-refractivity contribution >= 4 is 32.8 Å². The molecule has 3 N–H and O–H groups in total. The zero-order valence-electron chi connectivity index (χ0n) is 9.24. The van der Waals surface area contributed by atoms with Crippen LogP contribution in [0.1, 0.15) is 0 Å². The molecule has 0 saturated carbocycles. The lowest BCUT2D eigenvalue weighted by atomic mass is 10.1. The lowest BCUT2D eigenvalue weighted by Gasteiger charge is -2.02. The highest BCUT2D eigenvalue weighted by Crippen LogP contribution is 2.34. The molecule has 0 amide bonds. The molecule has 4 nitrogen and oxygen atoms in total. The van der Waals surface area contributed by atoms with Gasteiger partial charge >= 0.3 is 0 Å². The maximum Gasteiger partial charge on any atom is 0.201 e. The number of imidazole rings is 1. The number of nitrogens with one attached hydrogen (secondary N) is 1. The van der Waals surface area contributed by atoms with E-state index in [1.54, 1.807) is 0 Å². The number of nitrogen functional groups attached to an aromatic ring is 1. The van der Waals surface area contributed by atoms with Gasteiger partial charge in [-0.1, -0.05) is 18.2 Å². The summed E-state index contributed by atoms with van der Waals surface area (Å²) in [5.41, 5.74) is 8.99. The number of H-pyrrole nitrogens is 1. The Morgan fingerprint density at radius 2 is 2.12 bits per heavy atom. The fourth-order valence-electron chi connectivity index (χ4n) is 2.04. The van der Waals surface area contributed by atoms with Crippen molar-refractivity contribution in [3.63, 3.8) is 0 Å². The number of hydrogen-bond donors (Lipinski definition) is 2. The van der Waals surface area contributed by atoms with Crippen LogP contribution in [0.2, 0.25) is 0 Å². The number of halogens is 1. The minimum atomic E-state index is 0.497. The van der Waals surface area contributed by atoms with Gasteiger partial charge in [-0.05, 0) is 22.0 Å². The first-order valence-electron chi connectivity index (χ1n) is 5.22. The van der Waals surface area contributed by atoms with Crippen molar-refractivity contribution in [2.75, 3.05) is 5.73 Å². The first-order chi connectivity index (χ1) is 8.18. The predicted molar refractivity (Wildman–Crippen MR) is 72.6 cm³/mol. The van der Waals surface area contributed by atoms with E-state index in [4.69, 9.17) is 5.73 Å². The first-order valence-corrected chi connectivity index (χ1v) is 6.02. The fourth-order valence-corrected chi connectivity index (χ4v) is 2.70. The zero-order valence-corrected chi connectivity index (χ0v) is 10.8. The van der Waals surface area contributed by atoms with Gasteiger partial charge in [0.1, 0.15) is 4.60 Å². The molecular weight excluding hydrogens is 280 g/mol. The molecule has 2 aromatic heterocycles. The van der Waals surface area contributed by atoms with Crippen molar-refractivity contribution < 1.29 is 0 Å². The average Bonchev–Trinajstić information content (AvgIpc) is 2.82. The topological polar surface area (TPSA) is 59.6 Å². The first kappa shape index (κ1) is 10.4. The van der Waals surface area contributed by atoms with Gasteiger partial charge in [0.15, 0.2) is 0 Å². The van der Waals surface area contributed by atoms with Gasteiger partial charge in [0.25, 0.3) is 0 Å². The second-order valence-electron chi connectivity index (χ2n) is 3.92. The largest absolute Gasteiger partial charge is 0.369 e. The van der Waals surface area contributed by atoms with E-state index in [2.05, 4.69) is 32.0 Å². The van der Waals surface area contributed by atoms with Gasteiger partial charge < -0.3 is 15.3 Å². The third-order valence-electron chi connectivity index (χ3n) is 2.93. The standard InChI is InChI=1S/C12H11BrN4/c1-17-10(11(13)16-12(17)14)8-6-15-9-5-3-2-4-7(8)9/h2-6,15H,1H3,(H2,14,16). The molecule has 0 aliphatic carbocycles. The number of aromatic nitrogens is 3. The van der Waals surface area contributed by atoms with Crippen molar-refractivity contribution in [2.24, 2.45) is 7.05 Å². The Labute approximate surface area is 107 Å². The van der Waals surface area contributed by atoms with E-state index in [0.29, 0.717) is 5.95 Å². The Morgan fingerprint density at radius 3 is 2.82 bits per heavy atom. The number of aromatic amines is 1. The smallest absolute Gasteiger partial charge is 0.201 e. The molecule has 3 rings (SSSR count). The Balaban J connectivity index is 2.35. The van der Waals surface area contributed by atoms with Crippen LogP contribution in [0.25, 0.3) is 22.2 Å². The van der Waals surface area contributed by atoms with Crippen LogP contribution in [0, 0.1) is 0 Å². The van der Waals surface area contributed by atoms with E-state index in [9.17, 15) is 0 Å². The monoisotopic (exact) mass is 290 g/mol. The number of para-hydroxylation sites is 1. The van der Waals surface area contributed by atoms with Crippen molar-refractivity contribution in [3.8, 4) is 11.3 Å². The van der Waals surface area contributed by atoms with E-state index in [1.165, 1.54) is 0 Å². The molecule has 5 heteroatoms. The Morgan fingerprint density at radius 1 is 1.35 bits per heavy atom. The highest BCUT2D eigenvalue weighted by atomic mass is 79.9. The van der Waals surface area contributed by atoms with Crippen LogP contribution < -0.4 is 5.73 Å². The summed E-state index contributed by atoms with van der Waals surface area (Å²) in [6, 6.07) is 8.16. The number of benzene rings is 1. The Hall–Kier alpha value is -1.75. The number of fused-ring (bicyclic) bond motifs is 1. The summed E-state index contributed by atoms with van der Waals surface area (Å²) in [7, 11) is 1.91. The van der Waals surface area contributed by atoms with Gasteiger partial charge in [-0.15, -0.1) is 0 Å². The third-order valence-corrected chi connectivity index (χ3v) is 3.48. The third kappa shape index (κ3) is 1.46. The SMILES string of the molecule is Cn1c(N)nc(Br)c1-c1c[nH]c2ccccc12. The van der Waals surface area contributed by atoms with E-state index >= 15 is 0 Å². The van der Waals surface area contributed by atoms with E-state index in [-0.39, 0.29) is 0 Å². The quantitative estimate of drug-likeness (QED) is 0.724. The highest BCUT2D eigenvalue weighted by Gasteiger charge is 2.15. The Bertz CT molecular complexity index is 696. The lowest BCUT2D eigenvalue weighted by molar-refractivity contribution is 0.939. The molecule has 0 saturated heterocycles. The number of nitrogens with zero attached hydrogens (tertiary/aromatic N) is 2. The normalized spacial score (nSPS) is 11.2. The maximum absolute atomic E-state index is 5.80. The molecule has 0 atom stereocenters. The van der Waals surface area contributed by atoms with Crippen LogP contribution in [-0.2, 0) is 7.05 Å². The second-order valence-corrected chi connectivity index (χ2v) is 4.67. The summed E-state index contributed by atoms with van der Waals surface area (Å²) in [6.45, 7) is 0. The summed E-state index contributed by atoms with van der Waals surface area (Å²) in [5, 5.41) is 1.16. The van der Waals surface area contributed by atoms with E-state index < -0.39 is 0 Å². The van der Waals surface area contributed by atoms with Gasteiger partial charge in [-0.25, -0.2) is 4.98 Å². The number of hydrogen-bond acceptors (Lipinski definition) is 2. The molecule has 86 valence electrons. The summed E-state index contributed by atoms with van der Waals surface area (Å²) in [4.78, 5) is 7.46. The lowest BCUT2D eigenvalue weighted by Crippen LogP contribution is -1.98. The molecule has 0 aliphatic heterocycles. The molecule has 1 aromatic carbocycles. The fraction of sp³-hybridized carbons (Fsp3) is 0.0833. The summed E-state index contributed by atoms with van der Waals surface area (Å²) in [5.74, 6) is 0.497. The maximum atomic E-state index is 5.80. The Kier molecular flexibility index (Phi) is 2.22. The highest BCUT2D eigenvalue weighted by molar-refractivity contribution is 9.10. The van der Waals surface area contributed by atoms with Crippen molar-refractivity contribution in [3.05, 3.63) is 35.1 Å². The minimum Gasteiger partial charge on any atom is -0.369 e. The van der Waals surface area contributed by atoms with Gasteiger partial charge in [0.05, 0.1) is 5.69 Å². The molecular formula is C12H11BrN4. The molecule has 2 heterocycles. The van der Waals surface area contributed by atoms with Gasteiger partial charge in [-0.2, -0.15) is 0 Å². The van der Waals surface area contributed by atoms with Crippen LogP contribution in [0.4, 0.5) is 5.95 Å². The van der Waals surface area contributed by atoms with Crippen LogP contribution in [0.3, 0.4) is 0 Å². The molecule has 17 heavy (non-hydrogen) atoms. The van der Waals surface area contributed by atoms with E-state index in [0.717, 1.165) is 26.8 Å². The number of rotatable bonds is 1. The number of nitrogens with two attached hydrogens (primary N) is 1. The van der Waals surface area contributed by atoms with Crippen LogP contribution >= 0.6 is 15.9 Å². The summed E-state index contributed by atoms with van der Waals surface area (Å²) >= 11 is 3.45. The molecule has 0 fully saturated rings. The predicted octanol–water partition coefficient (Wildman–Crippen LogP) is 2.91. The van der Waals surface area contributed by atoms with Gasteiger partial charge in [0.2, 0.25) is 5.95 Å². The van der Waals surface area contributed by atoms with Crippen LogP contribution in [-0.4, -0.2) is 14.5 Å².